The smallest absolute Gasteiger partial charge is 0.170 e. The van der Waals surface area contributed by atoms with Crippen LogP contribution in [0.1, 0.15) is 0 Å². The molecule has 3 N–H and O–H groups in total. The van der Waals surface area contributed by atoms with E-state index in [4.69, 9.17) is 15.6 Å². The monoisotopic (exact) mass is 99.0 g/mol. The number of aliphatic hydroxyl groups is 2. The molecule has 0 bridgehead atoms. The average molecular weight is 99.1 g/mol. The van der Waals surface area contributed by atoms with E-state index in [1.54, 1.807) is 5.87 Å². The molecule has 0 saturated heterocycles. The average Bonchev–Trinajstić information content (AvgIpc) is 1.68. The van der Waals surface area contributed by atoms with Crippen LogP contribution in [0.4, 0.5) is 0 Å². The maximum atomic E-state index is 8.23. The first kappa shape index (κ1) is 5.99. The van der Waals surface area contributed by atoms with Crippen LogP contribution >= 0.6 is 0 Å². The third-order valence-electron chi connectivity index (χ3n) is 0.357. The van der Waals surface area contributed by atoms with E-state index in [1.807, 2.05) is 5.73 Å². The van der Waals surface area contributed by atoms with E-state index >= 15 is 0 Å². The number of hydrogen-bond acceptors (Lipinski definition) is 3. The van der Waals surface area contributed by atoms with Gasteiger partial charge in [0.15, 0.2) is 5.76 Å². The SMILES string of the molecule is N=C=C=C(O)CO. The summed E-state index contributed by atoms with van der Waals surface area (Å²) in [6.07, 6.45) is 0. The van der Waals surface area contributed by atoms with Gasteiger partial charge >= 0.3 is 0 Å². The first-order chi connectivity index (χ1) is 3.31. The lowest BCUT2D eigenvalue weighted by atomic mass is 10.6. The highest BCUT2D eigenvalue weighted by molar-refractivity contribution is 5.46. The molecule has 3 nitrogen and oxygen atoms in total. The highest BCUT2D eigenvalue weighted by atomic mass is 16.3. The highest BCUT2D eigenvalue weighted by Gasteiger charge is 1.78. The Morgan fingerprint density at radius 1 is 1.71 bits per heavy atom. The van der Waals surface area contributed by atoms with Crippen molar-refractivity contribution < 1.29 is 10.2 Å². The summed E-state index contributed by atoms with van der Waals surface area (Å²) in [6, 6.07) is 0. The summed E-state index contributed by atoms with van der Waals surface area (Å²) >= 11 is 0. The van der Waals surface area contributed by atoms with Crippen LogP contribution in [-0.2, 0) is 0 Å². The summed E-state index contributed by atoms with van der Waals surface area (Å²) in [4.78, 5) is 0. The van der Waals surface area contributed by atoms with Gasteiger partial charge in [-0.2, -0.15) is 0 Å². The van der Waals surface area contributed by atoms with Crippen LogP contribution in [0.25, 0.3) is 0 Å². The number of hydrogen-bond donors (Lipinski definition) is 3. The largest absolute Gasteiger partial charge is 0.502 e. The second-order valence-corrected chi connectivity index (χ2v) is 0.855. The predicted octanol–water partition coefficient (Wildman–Crippen LogP) is -0.176. The van der Waals surface area contributed by atoms with Gasteiger partial charge in [0.2, 0.25) is 0 Å². The second-order valence-electron chi connectivity index (χ2n) is 0.855. The van der Waals surface area contributed by atoms with Crippen LogP contribution in [0, 0.1) is 5.41 Å². The third kappa shape index (κ3) is 2.80. The van der Waals surface area contributed by atoms with Gasteiger partial charge in [0.05, 0.1) is 0 Å². The first-order valence-electron chi connectivity index (χ1n) is 1.64. The molecule has 0 radical (unpaired) electrons. The zero-order valence-corrected chi connectivity index (χ0v) is 3.60. The molecule has 38 valence electrons. The van der Waals surface area contributed by atoms with Gasteiger partial charge < -0.3 is 10.2 Å². The minimum atomic E-state index is -0.480. The van der Waals surface area contributed by atoms with E-state index < -0.39 is 6.61 Å². The molecule has 0 aromatic heterocycles. The lowest BCUT2D eigenvalue weighted by Crippen LogP contribution is -1.83. The molecule has 0 aromatic rings. The second kappa shape index (κ2) is 3.19. The summed E-state index contributed by atoms with van der Waals surface area (Å²) < 4.78 is 0. The summed E-state index contributed by atoms with van der Waals surface area (Å²) in [5.74, 6) is 1.31. The number of aliphatic hydroxyl groups excluding tert-OH is 2. The van der Waals surface area contributed by atoms with Crippen molar-refractivity contribution >= 4 is 5.87 Å². The summed E-state index contributed by atoms with van der Waals surface area (Å²) in [7, 11) is 0. The van der Waals surface area contributed by atoms with Crippen molar-refractivity contribution in [3.8, 4) is 0 Å². The van der Waals surface area contributed by atoms with E-state index in [2.05, 4.69) is 0 Å². The Labute approximate surface area is 40.7 Å². The van der Waals surface area contributed by atoms with Crippen molar-refractivity contribution in [2.45, 2.75) is 0 Å². The van der Waals surface area contributed by atoms with Gasteiger partial charge in [-0.3, -0.25) is 5.41 Å². The fourth-order valence-corrected chi connectivity index (χ4v) is 0.112. The Bertz CT molecular complexity index is 129. The summed E-state index contributed by atoms with van der Waals surface area (Å²) in [5.41, 5.74) is 1.93. The van der Waals surface area contributed by atoms with Crippen LogP contribution in [-0.4, -0.2) is 22.7 Å². The standard InChI is InChI=1S/C4H5NO2/c5-2-1-4(7)3-6/h5-7H,3H2. The summed E-state index contributed by atoms with van der Waals surface area (Å²) in [5, 5.41) is 22.4. The van der Waals surface area contributed by atoms with Gasteiger partial charge in [-0.05, 0) is 5.73 Å². The van der Waals surface area contributed by atoms with Crippen LogP contribution in [0.15, 0.2) is 11.5 Å². The maximum absolute atomic E-state index is 8.23. The Balaban J connectivity index is 4.01. The van der Waals surface area contributed by atoms with Gasteiger partial charge in [-0.15, -0.1) is 0 Å². The van der Waals surface area contributed by atoms with E-state index in [9.17, 15) is 0 Å². The van der Waals surface area contributed by atoms with Gasteiger partial charge in [-0.1, -0.05) is 0 Å². The number of rotatable bonds is 1. The molecule has 0 aliphatic carbocycles. The molecule has 0 aromatic carbocycles. The van der Waals surface area contributed by atoms with Crippen molar-refractivity contribution in [1.82, 2.24) is 0 Å². The van der Waals surface area contributed by atoms with Gasteiger partial charge in [0.1, 0.15) is 6.61 Å². The van der Waals surface area contributed by atoms with Gasteiger partial charge in [0.25, 0.3) is 0 Å². The molecule has 0 aliphatic rings. The van der Waals surface area contributed by atoms with Crippen molar-refractivity contribution in [2.75, 3.05) is 6.61 Å². The van der Waals surface area contributed by atoms with Gasteiger partial charge in [0, 0.05) is 5.87 Å². The molecular weight excluding hydrogens is 94.0 g/mol. The Kier molecular flexibility index (Phi) is 2.73. The molecule has 0 aliphatic heterocycles. The molecule has 0 rings (SSSR count). The molecule has 0 amide bonds. The first-order valence-corrected chi connectivity index (χ1v) is 1.64. The van der Waals surface area contributed by atoms with Crippen molar-refractivity contribution in [2.24, 2.45) is 0 Å². The Hall–Kier alpha value is -1.01. The van der Waals surface area contributed by atoms with Crippen LogP contribution < -0.4 is 0 Å². The minimum absolute atomic E-state index is 0.366. The molecule has 0 unspecified atom stereocenters. The van der Waals surface area contributed by atoms with Crippen molar-refractivity contribution in [1.29, 1.82) is 5.41 Å². The molecule has 0 spiro atoms. The zero-order chi connectivity index (χ0) is 5.70. The maximum Gasteiger partial charge on any atom is 0.170 e. The van der Waals surface area contributed by atoms with E-state index in [-0.39, 0.29) is 5.76 Å². The molecule has 3 heteroatoms. The lowest BCUT2D eigenvalue weighted by Gasteiger charge is -1.79. The van der Waals surface area contributed by atoms with E-state index in [0.29, 0.717) is 0 Å². The van der Waals surface area contributed by atoms with Crippen molar-refractivity contribution in [3.05, 3.63) is 11.5 Å². The Morgan fingerprint density at radius 3 is 2.43 bits per heavy atom. The fourth-order valence-electron chi connectivity index (χ4n) is 0.112. The molecule has 0 fully saturated rings. The molecular formula is C4H5NO2. The highest BCUT2D eigenvalue weighted by Crippen LogP contribution is 1.73. The topological polar surface area (TPSA) is 64.3 Å². The number of nitrogens with one attached hydrogen (secondary N) is 1. The van der Waals surface area contributed by atoms with E-state index in [1.165, 1.54) is 0 Å². The molecule has 0 saturated carbocycles. The fraction of sp³-hybridized carbons (Fsp3) is 0.250. The Morgan fingerprint density at radius 2 is 2.29 bits per heavy atom. The molecule has 0 heterocycles. The van der Waals surface area contributed by atoms with Crippen molar-refractivity contribution in [3.63, 3.8) is 0 Å². The lowest BCUT2D eigenvalue weighted by molar-refractivity contribution is 0.254. The van der Waals surface area contributed by atoms with Crippen LogP contribution in [0.3, 0.4) is 0 Å². The molecule has 7 heavy (non-hydrogen) atoms. The predicted molar refractivity (Wildman–Crippen MR) is 24.5 cm³/mol. The zero-order valence-electron chi connectivity index (χ0n) is 3.60. The third-order valence-corrected chi connectivity index (χ3v) is 0.357. The van der Waals surface area contributed by atoms with Gasteiger partial charge in [-0.25, -0.2) is 0 Å². The van der Waals surface area contributed by atoms with Crippen LogP contribution in [0.2, 0.25) is 0 Å². The van der Waals surface area contributed by atoms with E-state index in [0.717, 1.165) is 0 Å². The summed E-state index contributed by atoms with van der Waals surface area (Å²) in [6.45, 7) is -0.480. The quantitative estimate of drug-likeness (QED) is 0.242. The minimum Gasteiger partial charge on any atom is -0.502 e. The van der Waals surface area contributed by atoms with Crippen LogP contribution in [0.5, 0.6) is 0 Å². The molecule has 0 atom stereocenters. The normalized spacial score (nSPS) is 6.43.